The normalized spacial score (nSPS) is 11.1. The van der Waals surface area contributed by atoms with Crippen molar-refractivity contribution in [3.63, 3.8) is 0 Å². The molecule has 3 aromatic heterocycles. The summed E-state index contributed by atoms with van der Waals surface area (Å²) in [6.07, 6.45) is 2.83. The number of sulfone groups is 1. The second-order valence-corrected chi connectivity index (χ2v) is 10.4. The van der Waals surface area contributed by atoms with Crippen LogP contribution in [-0.4, -0.2) is 58.8 Å². The number of benzene rings is 1. The number of esters is 1. The summed E-state index contributed by atoms with van der Waals surface area (Å²) in [4.78, 5) is 30.7. The van der Waals surface area contributed by atoms with E-state index in [9.17, 15) is 13.2 Å². The molecule has 192 valence electrons. The summed E-state index contributed by atoms with van der Waals surface area (Å²) < 4.78 is 30.3. The molecule has 11 nitrogen and oxygen atoms in total. The minimum absolute atomic E-state index is 0.263. The van der Waals surface area contributed by atoms with E-state index in [0.29, 0.717) is 39.2 Å². The first kappa shape index (κ1) is 27.0. The molecule has 0 saturated heterocycles. The van der Waals surface area contributed by atoms with Crippen molar-refractivity contribution < 1.29 is 17.9 Å². The highest BCUT2D eigenvalue weighted by Crippen LogP contribution is 2.27. The number of ether oxygens (including phenoxy) is 1. The monoisotopic (exact) mass is 531 g/mol. The molecule has 0 aliphatic heterocycles. The van der Waals surface area contributed by atoms with Crippen molar-refractivity contribution in [1.29, 1.82) is 0 Å². The number of rotatable bonds is 8. The lowest BCUT2D eigenvalue weighted by Crippen LogP contribution is -2.05. The standard InChI is InChI=1S/C21H23N7O4S2.C2H6/c1-5-32-19(29)16-12(2)24-21(33-16)27-20-25-17(22-3)15-18(26-20)28(11-23-15)10-13-6-8-14(9-7-13)34(4,30)31;1-2/h6-9,11H,5,10H2,1-4H3,(H2,22,24,25,26,27);1-2H3. The molecule has 0 spiro atoms. The third kappa shape index (κ3) is 5.97. The number of aryl methyl sites for hydroxylation is 1. The highest BCUT2D eigenvalue weighted by atomic mass is 32.2. The Morgan fingerprint density at radius 1 is 1.14 bits per heavy atom. The van der Waals surface area contributed by atoms with Crippen molar-refractivity contribution >= 4 is 55.2 Å². The summed E-state index contributed by atoms with van der Waals surface area (Å²) in [7, 11) is -1.52. The van der Waals surface area contributed by atoms with E-state index in [-0.39, 0.29) is 17.5 Å². The predicted molar refractivity (Wildman–Crippen MR) is 141 cm³/mol. The second-order valence-electron chi connectivity index (χ2n) is 7.39. The molecule has 0 aliphatic carbocycles. The number of nitrogens with zero attached hydrogens (tertiary/aromatic N) is 5. The van der Waals surface area contributed by atoms with Crippen molar-refractivity contribution in [2.75, 3.05) is 30.5 Å². The summed E-state index contributed by atoms with van der Waals surface area (Å²) in [6.45, 7) is 8.20. The number of thiazole rings is 1. The van der Waals surface area contributed by atoms with E-state index in [0.717, 1.165) is 16.9 Å². The number of carbonyl (C=O) groups is 1. The molecule has 0 unspecified atom stereocenters. The van der Waals surface area contributed by atoms with Gasteiger partial charge in [-0.15, -0.1) is 0 Å². The van der Waals surface area contributed by atoms with Gasteiger partial charge in [0.15, 0.2) is 32.0 Å². The molecule has 2 N–H and O–H groups in total. The van der Waals surface area contributed by atoms with Gasteiger partial charge in [0.05, 0.1) is 30.1 Å². The molecular weight excluding hydrogens is 502 g/mol. The Morgan fingerprint density at radius 2 is 1.83 bits per heavy atom. The van der Waals surface area contributed by atoms with Crippen LogP contribution in [0.2, 0.25) is 0 Å². The molecule has 1 aromatic carbocycles. The summed E-state index contributed by atoms with van der Waals surface area (Å²) in [6, 6.07) is 6.68. The number of anilines is 3. The molecule has 13 heteroatoms. The second kappa shape index (κ2) is 11.4. The van der Waals surface area contributed by atoms with Crippen LogP contribution < -0.4 is 10.6 Å². The molecular formula is C23H29N7O4S2. The van der Waals surface area contributed by atoms with Gasteiger partial charge in [-0.05, 0) is 31.5 Å². The van der Waals surface area contributed by atoms with Gasteiger partial charge >= 0.3 is 5.97 Å². The van der Waals surface area contributed by atoms with Crippen molar-refractivity contribution in [1.82, 2.24) is 24.5 Å². The van der Waals surface area contributed by atoms with Gasteiger partial charge in [0.1, 0.15) is 4.88 Å². The molecule has 36 heavy (non-hydrogen) atoms. The minimum atomic E-state index is -3.26. The van der Waals surface area contributed by atoms with E-state index in [1.165, 1.54) is 6.26 Å². The molecule has 3 heterocycles. The first-order chi connectivity index (χ1) is 17.2. The quantitative estimate of drug-likeness (QED) is 0.320. The van der Waals surface area contributed by atoms with Gasteiger partial charge in [-0.2, -0.15) is 9.97 Å². The number of aromatic nitrogens is 5. The summed E-state index contributed by atoms with van der Waals surface area (Å²) in [5, 5.41) is 6.55. The molecule has 4 rings (SSSR count). The summed E-state index contributed by atoms with van der Waals surface area (Å²) >= 11 is 1.16. The smallest absolute Gasteiger partial charge is 0.350 e. The summed E-state index contributed by atoms with van der Waals surface area (Å²) in [5.41, 5.74) is 2.61. The number of fused-ring (bicyclic) bond motifs is 1. The van der Waals surface area contributed by atoms with Crippen molar-refractivity contribution in [2.45, 2.75) is 39.1 Å². The van der Waals surface area contributed by atoms with Crippen LogP contribution in [0.25, 0.3) is 11.2 Å². The lowest BCUT2D eigenvalue weighted by Gasteiger charge is -2.08. The van der Waals surface area contributed by atoms with Crippen LogP contribution in [0.5, 0.6) is 0 Å². The predicted octanol–water partition coefficient (Wildman–Crippen LogP) is 4.03. The zero-order valence-electron chi connectivity index (χ0n) is 21.0. The maximum absolute atomic E-state index is 12.1. The van der Waals surface area contributed by atoms with Crippen molar-refractivity contribution in [2.24, 2.45) is 0 Å². The fourth-order valence-corrected chi connectivity index (χ4v) is 4.74. The maximum Gasteiger partial charge on any atom is 0.350 e. The molecule has 0 bridgehead atoms. The van der Waals surface area contributed by atoms with E-state index in [4.69, 9.17) is 4.74 Å². The zero-order chi connectivity index (χ0) is 26.5. The molecule has 0 amide bonds. The van der Waals surface area contributed by atoms with E-state index in [2.05, 4.69) is 30.6 Å². The molecule has 0 aliphatic rings. The SMILES string of the molecule is CC.CCOC(=O)c1sc(Nc2nc(NC)c3ncn(Cc4ccc(S(C)(=O)=O)cc4)c3n2)nc1C. The van der Waals surface area contributed by atoms with Crippen molar-refractivity contribution in [3.05, 3.63) is 46.7 Å². The average molecular weight is 532 g/mol. The van der Waals surface area contributed by atoms with E-state index < -0.39 is 15.8 Å². The zero-order valence-corrected chi connectivity index (χ0v) is 22.6. The van der Waals surface area contributed by atoms with Gasteiger partial charge in [0, 0.05) is 13.3 Å². The third-order valence-electron chi connectivity index (χ3n) is 4.88. The van der Waals surface area contributed by atoms with Gasteiger partial charge in [-0.1, -0.05) is 37.3 Å². The Morgan fingerprint density at radius 3 is 2.44 bits per heavy atom. The Labute approximate surface area is 213 Å². The fourth-order valence-electron chi connectivity index (χ4n) is 3.26. The van der Waals surface area contributed by atoms with Gasteiger partial charge in [0.25, 0.3) is 0 Å². The number of hydrogen-bond donors (Lipinski definition) is 2. The number of carbonyl (C=O) groups excluding carboxylic acids is 1. The highest BCUT2D eigenvalue weighted by Gasteiger charge is 2.18. The summed E-state index contributed by atoms with van der Waals surface area (Å²) in [5.74, 6) is 0.394. The molecule has 0 radical (unpaired) electrons. The Kier molecular flexibility index (Phi) is 8.58. The third-order valence-corrected chi connectivity index (χ3v) is 7.06. The van der Waals surface area contributed by atoms with Gasteiger partial charge in [-0.3, -0.25) is 5.32 Å². The van der Waals surface area contributed by atoms with Crippen LogP contribution in [0, 0.1) is 6.92 Å². The van der Waals surface area contributed by atoms with Crippen LogP contribution >= 0.6 is 11.3 Å². The van der Waals surface area contributed by atoms with Crippen LogP contribution in [0.3, 0.4) is 0 Å². The molecule has 0 fully saturated rings. The lowest BCUT2D eigenvalue weighted by molar-refractivity contribution is 0.0531. The van der Waals surface area contributed by atoms with Crippen LogP contribution in [0.4, 0.5) is 16.9 Å². The number of hydrogen-bond acceptors (Lipinski definition) is 11. The largest absolute Gasteiger partial charge is 0.462 e. The first-order valence-corrected chi connectivity index (χ1v) is 14.0. The Bertz CT molecular complexity index is 1460. The molecule has 0 atom stereocenters. The average Bonchev–Trinajstić information content (AvgIpc) is 3.42. The fraction of sp³-hybridized carbons (Fsp3) is 0.348. The maximum atomic E-state index is 12.1. The van der Waals surface area contributed by atoms with Crippen LogP contribution in [-0.2, 0) is 21.1 Å². The Balaban J connectivity index is 0.00000176. The van der Waals surface area contributed by atoms with Gasteiger partial charge < -0.3 is 14.6 Å². The Hall–Kier alpha value is -3.58. The van der Waals surface area contributed by atoms with Gasteiger partial charge in [0.2, 0.25) is 5.95 Å². The van der Waals surface area contributed by atoms with E-state index in [1.54, 1.807) is 51.5 Å². The lowest BCUT2D eigenvalue weighted by atomic mass is 10.2. The van der Waals surface area contributed by atoms with Crippen LogP contribution in [0.1, 0.15) is 41.7 Å². The number of nitrogens with one attached hydrogen (secondary N) is 2. The van der Waals surface area contributed by atoms with E-state index in [1.807, 2.05) is 18.4 Å². The first-order valence-electron chi connectivity index (χ1n) is 11.3. The highest BCUT2D eigenvalue weighted by molar-refractivity contribution is 7.90. The van der Waals surface area contributed by atoms with E-state index >= 15 is 0 Å². The van der Waals surface area contributed by atoms with Crippen molar-refractivity contribution in [3.8, 4) is 0 Å². The van der Waals surface area contributed by atoms with Crippen LogP contribution in [0.15, 0.2) is 35.5 Å². The molecule has 4 aromatic rings. The minimum Gasteiger partial charge on any atom is -0.462 e. The molecule has 0 saturated carbocycles. The topological polar surface area (TPSA) is 141 Å². The van der Waals surface area contributed by atoms with Gasteiger partial charge in [-0.25, -0.2) is 23.2 Å². The number of imidazole rings is 1.